The van der Waals surface area contributed by atoms with Gasteiger partial charge in [-0.05, 0) is 25.6 Å². The Morgan fingerprint density at radius 3 is 3.11 bits per heavy atom. The highest BCUT2D eigenvalue weighted by molar-refractivity contribution is 8.00. The molecule has 0 bridgehead atoms. The molecular weight excluding hydrogens is 242 g/mol. The SMILES string of the molecule is CNCc1cccnc1CN1CCSC(C)C1C. The van der Waals surface area contributed by atoms with Gasteiger partial charge in [-0.2, -0.15) is 11.8 Å². The van der Waals surface area contributed by atoms with E-state index >= 15 is 0 Å². The van der Waals surface area contributed by atoms with Crippen LogP contribution in [0.25, 0.3) is 0 Å². The van der Waals surface area contributed by atoms with Crippen molar-refractivity contribution in [3.8, 4) is 0 Å². The molecule has 0 spiro atoms. The highest BCUT2D eigenvalue weighted by Crippen LogP contribution is 2.25. The van der Waals surface area contributed by atoms with Crippen LogP contribution in [-0.2, 0) is 13.1 Å². The fourth-order valence-corrected chi connectivity index (χ4v) is 3.54. The van der Waals surface area contributed by atoms with Gasteiger partial charge in [0.25, 0.3) is 0 Å². The molecule has 2 atom stereocenters. The molecule has 0 aliphatic carbocycles. The van der Waals surface area contributed by atoms with Crippen LogP contribution in [-0.4, -0.2) is 40.5 Å². The summed E-state index contributed by atoms with van der Waals surface area (Å²) in [5, 5.41) is 3.94. The molecule has 1 aliphatic heterocycles. The summed E-state index contributed by atoms with van der Waals surface area (Å²) in [7, 11) is 1.99. The largest absolute Gasteiger partial charge is 0.316 e. The number of nitrogens with zero attached hydrogens (tertiary/aromatic N) is 2. The standard InChI is InChI=1S/C14H23N3S/c1-11-12(2)18-8-7-17(11)10-14-13(9-15-3)5-4-6-16-14/h4-6,11-12,15H,7-10H2,1-3H3. The van der Waals surface area contributed by atoms with E-state index in [0.717, 1.165) is 18.3 Å². The molecule has 0 saturated carbocycles. The summed E-state index contributed by atoms with van der Waals surface area (Å²) in [5.74, 6) is 1.24. The van der Waals surface area contributed by atoms with Crippen molar-refractivity contribution in [2.75, 3.05) is 19.3 Å². The maximum Gasteiger partial charge on any atom is 0.0588 e. The molecule has 4 heteroatoms. The van der Waals surface area contributed by atoms with E-state index in [9.17, 15) is 0 Å². The Kier molecular flexibility index (Phi) is 5.03. The van der Waals surface area contributed by atoms with Crippen molar-refractivity contribution < 1.29 is 0 Å². The van der Waals surface area contributed by atoms with E-state index in [1.165, 1.54) is 23.6 Å². The highest BCUT2D eigenvalue weighted by Gasteiger charge is 2.25. The molecule has 100 valence electrons. The lowest BCUT2D eigenvalue weighted by Gasteiger charge is -2.37. The van der Waals surface area contributed by atoms with Crippen LogP contribution in [0.5, 0.6) is 0 Å². The Morgan fingerprint density at radius 1 is 1.50 bits per heavy atom. The predicted octanol–water partition coefficient (Wildman–Crippen LogP) is 2.13. The Bertz CT molecular complexity index is 383. The van der Waals surface area contributed by atoms with Crippen molar-refractivity contribution in [2.24, 2.45) is 0 Å². The Morgan fingerprint density at radius 2 is 2.33 bits per heavy atom. The first-order valence-corrected chi connectivity index (χ1v) is 7.70. The van der Waals surface area contributed by atoms with Crippen LogP contribution in [0, 0.1) is 0 Å². The zero-order valence-corrected chi connectivity index (χ0v) is 12.3. The lowest BCUT2D eigenvalue weighted by molar-refractivity contribution is 0.201. The zero-order valence-electron chi connectivity index (χ0n) is 11.5. The number of aromatic nitrogens is 1. The highest BCUT2D eigenvalue weighted by atomic mass is 32.2. The summed E-state index contributed by atoms with van der Waals surface area (Å²) in [4.78, 5) is 7.12. The third-order valence-electron chi connectivity index (χ3n) is 3.72. The number of pyridine rings is 1. The lowest BCUT2D eigenvalue weighted by Crippen LogP contribution is -2.44. The minimum atomic E-state index is 0.633. The summed E-state index contributed by atoms with van der Waals surface area (Å²) >= 11 is 2.08. The van der Waals surface area contributed by atoms with Gasteiger partial charge >= 0.3 is 0 Å². The summed E-state index contributed by atoms with van der Waals surface area (Å²) in [5.41, 5.74) is 2.54. The van der Waals surface area contributed by atoms with E-state index in [2.05, 4.69) is 46.9 Å². The minimum absolute atomic E-state index is 0.633. The van der Waals surface area contributed by atoms with Crippen LogP contribution < -0.4 is 5.32 Å². The smallest absolute Gasteiger partial charge is 0.0588 e. The Balaban J connectivity index is 2.08. The Labute approximate surface area is 114 Å². The molecular formula is C14H23N3S. The number of thioether (sulfide) groups is 1. The molecule has 0 aromatic carbocycles. The maximum absolute atomic E-state index is 4.56. The zero-order chi connectivity index (χ0) is 13.0. The second-order valence-electron chi connectivity index (χ2n) is 4.93. The van der Waals surface area contributed by atoms with Crippen LogP contribution in [0.1, 0.15) is 25.1 Å². The van der Waals surface area contributed by atoms with Crippen molar-refractivity contribution in [1.29, 1.82) is 0 Å². The van der Waals surface area contributed by atoms with Gasteiger partial charge in [-0.15, -0.1) is 0 Å². The minimum Gasteiger partial charge on any atom is -0.316 e. The molecule has 1 N–H and O–H groups in total. The molecule has 2 rings (SSSR count). The van der Waals surface area contributed by atoms with Crippen LogP contribution in [0.3, 0.4) is 0 Å². The van der Waals surface area contributed by atoms with E-state index in [0.29, 0.717) is 6.04 Å². The van der Waals surface area contributed by atoms with Gasteiger partial charge in [0.05, 0.1) is 5.69 Å². The van der Waals surface area contributed by atoms with Gasteiger partial charge in [0.2, 0.25) is 0 Å². The van der Waals surface area contributed by atoms with Crippen LogP contribution in [0.15, 0.2) is 18.3 Å². The van der Waals surface area contributed by atoms with Gasteiger partial charge in [0, 0.05) is 42.9 Å². The average Bonchev–Trinajstić information content (AvgIpc) is 2.37. The van der Waals surface area contributed by atoms with E-state index in [1.807, 2.05) is 19.3 Å². The third-order valence-corrected chi connectivity index (χ3v) is 5.06. The molecule has 0 amide bonds. The summed E-state index contributed by atoms with van der Waals surface area (Å²) in [6.07, 6.45) is 1.90. The molecule has 2 heterocycles. The van der Waals surface area contributed by atoms with Gasteiger partial charge in [-0.25, -0.2) is 0 Å². The van der Waals surface area contributed by atoms with E-state index < -0.39 is 0 Å². The first kappa shape index (κ1) is 13.8. The van der Waals surface area contributed by atoms with E-state index in [1.54, 1.807) is 0 Å². The van der Waals surface area contributed by atoms with Gasteiger partial charge in [0.1, 0.15) is 0 Å². The van der Waals surface area contributed by atoms with E-state index in [4.69, 9.17) is 0 Å². The van der Waals surface area contributed by atoms with Gasteiger partial charge in [0.15, 0.2) is 0 Å². The summed E-state index contributed by atoms with van der Waals surface area (Å²) in [6, 6.07) is 4.83. The topological polar surface area (TPSA) is 28.2 Å². The maximum atomic E-state index is 4.56. The Hall–Kier alpha value is -0.580. The molecule has 3 nitrogen and oxygen atoms in total. The molecule has 1 aromatic heterocycles. The second kappa shape index (κ2) is 6.55. The van der Waals surface area contributed by atoms with Crippen molar-refractivity contribution in [3.05, 3.63) is 29.6 Å². The molecule has 1 fully saturated rings. The number of hydrogen-bond acceptors (Lipinski definition) is 4. The molecule has 18 heavy (non-hydrogen) atoms. The molecule has 1 saturated heterocycles. The molecule has 1 aromatic rings. The van der Waals surface area contributed by atoms with Crippen molar-refractivity contribution >= 4 is 11.8 Å². The van der Waals surface area contributed by atoms with E-state index in [-0.39, 0.29) is 0 Å². The van der Waals surface area contributed by atoms with Crippen LogP contribution >= 0.6 is 11.8 Å². The first-order chi connectivity index (χ1) is 8.72. The van der Waals surface area contributed by atoms with Crippen LogP contribution in [0.4, 0.5) is 0 Å². The average molecular weight is 265 g/mol. The lowest BCUT2D eigenvalue weighted by atomic mass is 10.1. The van der Waals surface area contributed by atoms with Crippen LogP contribution in [0.2, 0.25) is 0 Å². The summed E-state index contributed by atoms with van der Waals surface area (Å²) < 4.78 is 0. The third kappa shape index (κ3) is 3.25. The van der Waals surface area contributed by atoms with Gasteiger partial charge < -0.3 is 5.32 Å². The van der Waals surface area contributed by atoms with Gasteiger partial charge in [-0.1, -0.05) is 13.0 Å². The van der Waals surface area contributed by atoms with Gasteiger partial charge in [-0.3, -0.25) is 9.88 Å². The van der Waals surface area contributed by atoms with Crippen molar-refractivity contribution in [1.82, 2.24) is 15.2 Å². The fraction of sp³-hybridized carbons (Fsp3) is 0.643. The normalized spacial score (nSPS) is 25.3. The van der Waals surface area contributed by atoms with Crippen molar-refractivity contribution in [2.45, 2.75) is 38.2 Å². The number of rotatable bonds is 4. The number of hydrogen-bond donors (Lipinski definition) is 1. The second-order valence-corrected chi connectivity index (χ2v) is 6.41. The predicted molar refractivity (Wildman–Crippen MR) is 78.8 cm³/mol. The molecule has 0 radical (unpaired) electrons. The quantitative estimate of drug-likeness (QED) is 0.903. The molecule has 1 aliphatic rings. The first-order valence-electron chi connectivity index (χ1n) is 6.65. The van der Waals surface area contributed by atoms with Crippen molar-refractivity contribution in [3.63, 3.8) is 0 Å². The summed E-state index contributed by atoms with van der Waals surface area (Å²) in [6.45, 7) is 7.71. The number of nitrogens with one attached hydrogen (secondary N) is 1. The monoisotopic (exact) mass is 265 g/mol. The fourth-order valence-electron chi connectivity index (χ4n) is 2.38. The molecule has 2 unspecified atom stereocenters.